The molecule has 1 aliphatic heterocycles. The lowest BCUT2D eigenvalue weighted by atomic mass is 10.2. The number of benzene rings is 2. The topological polar surface area (TPSA) is 76.3 Å². The van der Waals surface area contributed by atoms with Gasteiger partial charge in [0.05, 0.1) is 21.2 Å². The predicted molar refractivity (Wildman–Crippen MR) is 105 cm³/mol. The molecule has 0 N–H and O–H groups in total. The Labute approximate surface area is 159 Å². The summed E-state index contributed by atoms with van der Waals surface area (Å²) in [6, 6.07) is 14.2. The highest BCUT2D eigenvalue weighted by atomic mass is 32.1. The summed E-state index contributed by atoms with van der Waals surface area (Å²) < 4.78 is 1.12. The SMILES string of the molecule is O=C(/C=C\c1cccc([N+](=O)[O-])c1)N1CCC[C@H]1c1nc2ccccc2s1. The summed E-state index contributed by atoms with van der Waals surface area (Å²) >= 11 is 1.63. The summed E-state index contributed by atoms with van der Waals surface area (Å²) in [6.07, 6.45) is 4.96. The van der Waals surface area contributed by atoms with Crippen molar-refractivity contribution in [2.75, 3.05) is 6.54 Å². The molecule has 1 aliphatic rings. The van der Waals surface area contributed by atoms with E-state index in [-0.39, 0.29) is 17.6 Å². The van der Waals surface area contributed by atoms with Crippen LogP contribution in [0, 0.1) is 10.1 Å². The van der Waals surface area contributed by atoms with E-state index >= 15 is 0 Å². The molecule has 136 valence electrons. The van der Waals surface area contributed by atoms with E-state index in [1.807, 2.05) is 29.2 Å². The number of rotatable bonds is 4. The fraction of sp³-hybridized carbons (Fsp3) is 0.200. The van der Waals surface area contributed by atoms with E-state index in [4.69, 9.17) is 4.98 Å². The number of hydrogen-bond donors (Lipinski definition) is 0. The molecule has 6 nitrogen and oxygen atoms in total. The monoisotopic (exact) mass is 379 g/mol. The van der Waals surface area contributed by atoms with Gasteiger partial charge in [0.1, 0.15) is 5.01 Å². The lowest BCUT2D eigenvalue weighted by molar-refractivity contribution is -0.384. The molecule has 4 rings (SSSR count). The molecule has 1 aromatic heterocycles. The maximum atomic E-state index is 12.7. The summed E-state index contributed by atoms with van der Waals surface area (Å²) in [5.74, 6) is -0.0942. The normalized spacial score (nSPS) is 17.0. The van der Waals surface area contributed by atoms with Gasteiger partial charge < -0.3 is 4.90 Å². The Bertz CT molecular complexity index is 1010. The summed E-state index contributed by atoms with van der Waals surface area (Å²) in [7, 11) is 0. The van der Waals surface area contributed by atoms with Crippen LogP contribution in [0.2, 0.25) is 0 Å². The van der Waals surface area contributed by atoms with Crippen molar-refractivity contribution < 1.29 is 9.72 Å². The number of thiazole rings is 1. The van der Waals surface area contributed by atoms with Gasteiger partial charge in [-0.15, -0.1) is 11.3 Å². The molecule has 1 saturated heterocycles. The Kier molecular flexibility index (Phi) is 4.68. The maximum Gasteiger partial charge on any atom is 0.270 e. The van der Waals surface area contributed by atoms with Gasteiger partial charge in [-0.1, -0.05) is 24.3 Å². The number of amides is 1. The minimum atomic E-state index is -0.442. The third-order valence-electron chi connectivity index (χ3n) is 4.63. The molecule has 2 aromatic carbocycles. The molecule has 3 aromatic rings. The molecule has 0 bridgehead atoms. The highest BCUT2D eigenvalue weighted by Crippen LogP contribution is 2.36. The summed E-state index contributed by atoms with van der Waals surface area (Å²) in [6.45, 7) is 0.693. The summed E-state index contributed by atoms with van der Waals surface area (Å²) in [5.41, 5.74) is 1.61. The molecule has 1 atom stereocenters. The average molecular weight is 379 g/mol. The molecular weight excluding hydrogens is 362 g/mol. The number of para-hydroxylation sites is 1. The number of carbonyl (C=O) groups is 1. The van der Waals surface area contributed by atoms with Crippen LogP contribution in [0.25, 0.3) is 16.3 Å². The minimum absolute atomic E-state index is 0.00957. The van der Waals surface area contributed by atoms with Gasteiger partial charge in [-0.05, 0) is 36.6 Å². The van der Waals surface area contributed by atoms with Gasteiger partial charge in [0.15, 0.2) is 0 Å². The van der Waals surface area contributed by atoms with Crippen molar-refractivity contribution in [2.45, 2.75) is 18.9 Å². The zero-order chi connectivity index (χ0) is 18.8. The second kappa shape index (κ2) is 7.28. The summed E-state index contributed by atoms with van der Waals surface area (Å²) in [5, 5.41) is 11.8. The molecule has 7 heteroatoms. The minimum Gasteiger partial charge on any atom is -0.330 e. The van der Waals surface area contributed by atoms with E-state index in [9.17, 15) is 14.9 Å². The lowest BCUT2D eigenvalue weighted by Gasteiger charge is -2.21. The number of carbonyl (C=O) groups excluding carboxylic acids is 1. The van der Waals surface area contributed by atoms with Crippen LogP contribution in [0.4, 0.5) is 5.69 Å². The predicted octanol–water partition coefficient (Wildman–Crippen LogP) is 4.58. The third-order valence-corrected chi connectivity index (χ3v) is 5.77. The van der Waals surface area contributed by atoms with Crippen molar-refractivity contribution in [1.29, 1.82) is 0 Å². The fourth-order valence-electron chi connectivity index (χ4n) is 3.33. The smallest absolute Gasteiger partial charge is 0.270 e. The molecule has 0 saturated carbocycles. The quantitative estimate of drug-likeness (QED) is 0.378. The molecule has 1 amide bonds. The van der Waals surface area contributed by atoms with Crippen molar-refractivity contribution in [2.24, 2.45) is 0 Å². The lowest BCUT2D eigenvalue weighted by Crippen LogP contribution is -2.28. The summed E-state index contributed by atoms with van der Waals surface area (Å²) in [4.78, 5) is 29.7. The van der Waals surface area contributed by atoms with Crippen LogP contribution in [0.15, 0.2) is 54.6 Å². The van der Waals surface area contributed by atoms with Crippen molar-refractivity contribution in [1.82, 2.24) is 9.88 Å². The van der Waals surface area contributed by atoms with Gasteiger partial charge in [-0.3, -0.25) is 14.9 Å². The van der Waals surface area contributed by atoms with Crippen LogP contribution in [-0.4, -0.2) is 27.3 Å². The Morgan fingerprint density at radius 3 is 2.93 bits per heavy atom. The van der Waals surface area contributed by atoms with E-state index in [0.29, 0.717) is 12.1 Å². The van der Waals surface area contributed by atoms with E-state index in [2.05, 4.69) is 0 Å². The molecular formula is C20H17N3O3S. The van der Waals surface area contributed by atoms with Crippen LogP contribution in [0.1, 0.15) is 29.5 Å². The van der Waals surface area contributed by atoms with Gasteiger partial charge in [0.2, 0.25) is 5.91 Å². The van der Waals surface area contributed by atoms with Crippen LogP contribution in [0.5, 0.6) is 0 Å². The highest BCUT2D eigenvalue weighted by Gasteiger charge is 2.31. The second-order valence-electron chi connectivity index (χ2n) is 6.39. The first kappa shape index (κ1) is 17.4. The van der Waals surface area contributed by atoms with E-state index in [1.54, 1.807) is 29.5 Å². The van der Waals surface area contributed by atoms with Crippen LogP contribution in [-0.2, 0) is 4.79 Å². The van der Waals surface area contributed by atoms with Crippen LogP contribution < -0.4 is 0 Å². The Hall–Kier alpha value is -3.06. The molecule has 27 heavy (non-hydrogen) atoms. The first-order chi connectivity index (χ1) is 13.1. The number of fused-ring (bicyclic) bond motifs is 1. The third kappa shape index (κ3) is 3.59. The molecule has 0 aliphatic carbocycles. The average Bonchev–Trinajstić information content (AvgIpc) is 3.32. The second-order valence-corrected chi connectivity index (χ2v) is 7.46. The van der Waals surface area contributed by atoms with E-state index in [0.717, 1.165) is 28.1 Å². The Balaban J connectivity index is 1.54. The van der Waals surface area contributed by atoms with Crippen LogP contribution >= 0.6 is 11.3 Å². The highest BCUT2D eigenvalue weighted by molar-refractivity contribution is 7.18. The standard InChI is InChI=1S/C20H17N3O3S/c24-19(11-10-14-5-3-6-15(13-14)23(25)26)22-12-4-8-17(22)20-21-16-7-1-2-9-18(16)27-20/h1-3,5-7,9-11,13,17H,4,8,12H2/b11-10-/t17-/m0/s1. The van der Waals surface area contributed by atoms with Crippen molar-refractivity contribution in [3.05, 3.63) is 75.3 Å². The fourth-order valence-corrected chi connectivity index (χ4v) is 4.44. The molecule has 1 fully saturated rings. The number of non-ortho nitro benzene ring substituents is 1. The van der Waals surface area contributed by atoms with Crippen molar-refractivity contribution in [3.8, 4) is 0 Å². The molecule has 0 radical (unpaired) electrons. The van der Waals surface area contributed by atoms with Crippen molar-refractivity contribution in [3.63, 3.8) is 0 Å². The first-order valence-electron chi connectivity index (χ1n) is 8.70. The number of nitrogens with zero attached hydrogens (tertiary/aromatic N) is 3. The number of hydrogen-bond acceptors (Lipinski definition) is 5. The van der Waals surface area contributed by atoms with Crippen molar-refractivity contribution >= 4 is 39.2 Å². The van der Waals surface area contributed by atoms with E-state index < -0.39 is 4.92 Å². The largest absolute Gasteiger partial charge is 0.330 e. The van der Waals surface area contributed by atoms with Gasteiger partial charge in [0, 0.05) is 24.8 Å². The number of aromatic nitrogens is 1. The molecule has 2 heterocycles. The molecule has 0 spiro atoms. The van der Waals surface area contributed by atoms with Gasteiger partial charge >= 0.3 is 0 Å². The van der Waals surface area contributed by atoms with Gasteiger partial charge in [0.25, 0.3) is 5.69 Å². The van der Waals surface area contributed by atoms with E-state index in [1.165, 1.54) is 18.2 Å². The number of likely N-dealkylation sites (tertiary alicyclic amines) is 1. The first-order valence-corrected chi connectivity index (χ1v) is 9.52. The Morgan fingerprint density at radius 1 is 1.26 bits per heavy atom. The van der Waals surface area contributed by atoms with Gasteiger partial charge in [-0.2, -0.15) is 0 Å². The molecule has 0 unspecified atom stereocenters. The van der Waals surface area contributed by atoms with Gasteiger partial charge in [-0.25, -0.2) is 4.98 Å². The van der Waals surface area contributed by atoms with Crippen LogP contribution in [0.3, 0.4) is 0 Å². The maximum absolute atomic E-state index is 12.7. The zero-order valence-corrected chi connectivity index (χ0v) is 15.3. The number of nitro groups is 1. The number of nitro benzene ring substituents is 1. The Morgan fingerprint density at radius 2 is 2.11 bits per heavy atom. The zero-order valence-electron chi connectivity index (χ0n) is 14.4.